The van der Waals surface area contributed by atoms with E-state index in [1.807, 2.05) is 0 Å². The van der Waals surface area contributed by atoms with Crippen LogP contribution in [0.4, 0.5) is 14.6 Å². The molecule has 0 bridgehead atoms. The molecule has 1 aliphatic rings. The second-order valence-corrected chi connectivity index (χ2v) is 7.25. The Morgan fingerprint density at radius 1 is 0.938 bits per heavy atom. The summed E-state index contributed by atoms with van der Waals surface area (Å²) in [5.41, 5.74) is 1.53. The summed E-state index contributed by atoms with van der Waals surface area (Å²) in [7, 11) is 0. The lowest BCUT2D eigenvalue weighted by atomic mass is 10.0. The Bertz CT molecular complexity index is 1360. The molecule has 0 spiro atoms. The van der Waals surface area contributed by atoms with Crippen molar-refractivity contribution in [2.24, 2.45) is 4.99 Å². The third kappa shape index (κ3) is 3.31. The topological polar surface area (TPSA) is 77.6 Å². The van der Waals surface area contributed by atoms with Crippen molar-refractivity contribution < 1.29 is 18.5 Å². The van der Waals surface area contributed by atoms with Crippen LogP contribution in [0.3, 0.4) is 0 Å². The Balaban J connectivity index is 1.59. The molecule has 2 heterocycles. The summed E-state index contributed by atoms with van der Waals surface area (Å²) in [5, 5.41) is 3.06. The minimum absolute atomic E-state index is 0.0362. The molecule has 1 unspecified atom stereocenters. The number of amides is 2. The number of nitrogens with zero attached hydrogens (tertiary/aromatic N) is 2. The second kappa shape index (κ2) is 7.73. The molecule has 3 aromatic carbocycles. The molecule has 0 saturated carbocycles. The summed E-state index contributed by atoms with van der Waals surface area (Å²) in [6, 6.07) is 21.1. The summed E-state index contributed by atoms with van der Waals surface area (Å²) < 4.78 is 29.9. The molecule has 1 aromatic heterocycles. The number of aromatic amines is 1. The molecule has 0 fully saturated rings. The van der Waals surface area contributed by atoms with Crippen LogP contribution < -0.4 is 5.32 Å². The predicted octanol–water partition coefficient (Wildman–Crippen LogP) is 4.45. The van der Waals surface area contributed by atoms with E-state index >= 15 is 4.48 Å². The van der Waals surface area contributed by atoms with E-state index in [1.165, 1.54) is 24.3 Å². The SMILES string of the molecule is O=C1Nc2ccccc2C(c2ccccc2F)=NC1N(F)C(=O)c1cc2ccccc2[nH]1. The van der Waals surface area contributed by atoms with E-state index in [-0.39, 0.29) is 22.1 Å². The number of aromatic nitrogens is 1. The van der Waals surface area contributed by atoms with Crippen molar-refractivity contribution in [3.05, 3.63) is 102 Å². The number of benzodiazepines with no additional fused rings is 1. The van der Waals surface area contributed by atoms with Crippen LogP contribution in [0.2, 0.25) is 0 Å². The number of carbonyl (C=O) groups excluding carboxylic acids is 2. The number of H-pyrrole nitrogens is 1. The normalized spacial score (nSPS) is 15.5. The standard InChI is InChI=1S/C24H16F2N4O2/c25-17-10-4-2-8-15(17)21-16-9-3-6-12-19(16)28-23(31)22(29-21)30(26)24(32)20-13-14-7-1-5-11-18(14)27-20/h1-13,22,27H,(H,28,31). The number of para-hydroxylation sites is 2. The van der Waals surface area contributed by atoms with E-state index in [1.54, 1.807) is 54.6 Å². The predicted molar refractivity (Wildman–Crippen MR) is 116 cm³/mol. The van der Waals surface area contributed by atoms with Gasteiger partial charge in [-0.15, -0.1) is 5.12 Å². The van der Waals surface area contributed by atoms with Gasteiger partial charge in [-0.25, -0.2) is 9.38 Å². The number of fused-ring (bicyclic) bond motifs is 2. The maximum absolute atomic E-state index is 15.3. The maximum atomic E-state index is 15.3. The molecule has 6 nitrogen and oxygen atoms in total. The van der Waals surface area contributed by atoms with Gasteiger partial charge in [0.1, 0.15) is 11.5 Å². The summed E-state index contributed by atoms with van der Waals surface area (Å²) in [6.07, 6.45) is -1.85. The Labute approximate surface area is 181 Å². The molecule has 0 radical (unpaired) electrons. The van der Waals surface area contributed by atoms with Gasteiger partial charge in [-0.05, 0) is 30.3 Å². The minimum Gasteiger partial charge on any atom is -0.350 e. The fourth-order valence-electron chi connectivity index (χ4n) is 3.68. The molecule has 1 aliphatic heterocycles. The molecule has 32 heavy (non-hydrogen) atoms. The monoisotopic (exact) mass is 430 g/mol. The number of hydrogen-bond donors (Lipinski definition) is 2. The summed E-state index contributed by atoms with van der Waals surface area (Å²) >= 11 is 0. The van der Waals surface area contributed by atoms with Gasteiger partial charge >= 0.3 is 5.91 Å². The summed E-state index contributed by atoms with van der Waals surface area (Å²) in [5.74, 6) is -2.50. The fourth-order valence-corrected chi connectivity index (χ4v) is 3.68. The molecule has 158 valence electrons. The number of anilines is 1. The summed E-state index contributed by atoms with van der Waals surface area (Å²) in [6.45, 7) is 0. The largest absolute Gasteiger partial charge is 0.350 e. The lowest BCUT2D eigenvalue weighted by Crippen LogP contribution is -2.41. The first-order chi connectivity index (χ1) is 15.5. The molecule has 2 N–H and O–H groups in total. The van der Waals surface area contributed by atoms with Crippen LogP contribution in [0.15, 0.2) is 83.9 Å². The number of nitrogens with one attached hydrogen (secondary N) is 2. The highest BCUT2D eigenvalue weighted by molar-refractivity contribution is 6.20. The van der Waals surface area contributed by atoms with Gasteiger partial charge in [-0.2, -0.15) is 0 Å². The molecule has 0 aliphatic carbocycles. The van der Waals surface area contributed by atoms with Gasteiger partial charge in [-0.1, -0.05) is 53.0 Å². The van der Waals surface area contributed by atoms with Crippen LogP contribution in [0.25, 0.3) is 10.9 Å². The first-order valence-corrected chi connectivity index (χ1v) is 9.83. The number of halogens is 2. The Morgan fingerprint density at radius 2 is 1.62 bits per heavy atom. The molecule has 2 amide bonds. The zero-order valence-electron chi connectivity index (χ0n) is 16.5. The van der Waals surface area contributed by atoms with Crippen LogP contribution in [0, 0.1) is 5.82 Å². The highest BCUT2D eigenvalue weighted by Gasteiger charge is 2.35. The first kappa shape index (κ1) is 19.6. The Morgan fingerprint density at radius 3 is 2.41 bits per heavy atom. The first-order valence-electron chi connectivity index (χ1n) is 9.83. The Hall–Kier alpha value is -4.33. The smallest absolute Gasteiger partial charge is 0.300 e. The van der Waals surface area contributed by atoms with Crippen molar-refractivity contribution >= 4 is 34.1 Å². The quantitative estimate of drug-likeness (QED) is 0.471. The van der Waals surface area contributed by atoms with Crippen LogP contribution in [-0.2, 0) is 4.79 Å². The van der Waals surface area contributed by atoms with Crippen molar-refractivity contribution in [3.63, 3.8) is 0 Å². The third-order valence-corrected chi connectivity index (χ3v) is 5.22. The van der Waals surface area contributed by atoms with Gasteiger partial charge < -0.3 is 10.3 Å². The highest BCUT2D eigenvalue weighted by atomic mass is 19.2. The van der Waals surface area contributed by atoms with E-state index < -0.39 is 23.8 Å². The average Bonchev–Trinajstić information content (AvgIpc) is 3.18. The lowest BCUT2D eigenvalue weighted by molar-refractivity contribution is -0.125. The molecule has 5 rings (SSSR count). The molecular weight excluding hydrogens is 414 g/mol. The van der Waals surface area contributed by atoms with Crippen LogP contribution in [-0.4, -0.2) is 33.8 Å². The zero-order valence-corrected chi connectivity index (χ0v) is 16.5. The van der Waals surface area contributed by atoms with Crippen molar-refractivity contribution in [2.45, 2.75) is 6.17 Å². The van der Waals surface area contributed by atoms with E-state index in [0.717, 1.165) is 5.39 Å². The van der Waals surface area contributed by atoms with Crippen molar-refractivity contribution in [1.82, 2.24) is 10.1 Å². The van der Waals surface area contributed by atoms with Crippen LogP contribution >= 0.6 is 0 Å². The number of benzene rings is 3. The van der Waals surface area contributed by atoms with Crippen LogP contribution in [0.5, 0.6) is 0 Å². The fraction of sp³-hybridized carbons (Fsp3) is 0.0417. The average molecular weight is 430 g/mol. The number of rotatable bonds is 3. The van der Waals surface area contributed by atoms with Gasteiger partial charge in [0.25, 0.3) is 5.91 Å². The molecule has 1 atom stereocenters. The minimum atomic E-state index is -1.85. The number of carbonyl (C=O) groups is 2. The third-order valence-electron chi connectivity index (χ3n) is 5.22. The number of aliphatic imine (C=N–C) groups is 1. The molecule has 4 aromatic rings. The maximum Gasteiger partial charge on any atom is 0.300 e. The van der Waals surface area contributed by atoms with E-state index in [0.29, 0.717) is 16.8 Å². The van der Waals surface area contributed by atoms with Crippen molar-refractivity contribution in [3.8, 4) is 0 Å². The van der Waals surface area contributed by atoms with Crippen LogP contribution in [0.1, 0.15) is 21.6 Å². The van der Waals surface area contributed by atoms with Crippen molar-refractivity contribution in [1.29, 1.82) is 0 Å². The van der Waals surface area contributed by atoms with Gasteiger partial charge in [0.2, 0.25) is 6.17 Å². The Kier molecular flexibility index (Phi) is 4.74. The molecule has 0 saturated heterocycles. The zero-order chi connectivity index (χ0) is 22.2. The van der Waals surface area contributed by atoms with Gasteiger partial charge in [0.15, 0.2) is 0 Å². The van der Waals surface area contributed by atoms with Crippen molar-refractivity contribution in [2.75, 3.05) is 5.32 Å². The highest BCUT2D eigenvalue weighted by Crippen LogP contribution is 2.27. The van der Waals surface area contributed by atoms with Gasteiger partial charge in [0.05, 0.1) is 11.4 Å². The summed E-state index contributed by atoms with van der Waals surface area (Å²) in [4.78, 5) is 32.7. The molecular formula is C24H16F2N4O2. The van der Waals surface area contributed by atoms with Gasteiger partial charge in [-0.3, -0.25) is 9.59 Å². The lowest BCUT2D eigenvalue weighted by Gasteiger charge is -2.18. The van der Waals surface area contributed by atoms with Gasteiger partial charge in [0, 0.05) is 22.0 Å². The molecule has 8 heteroatoms. The number of hydrogen-bond acceptors (Lipinski definition) is 3. The van der Waals surface area contributed by atoms with E-state index in [4.69, 9.17) is 0 Å². The van der Waals surface area contributed by atoms with E-state index in [2.05, 4.69) is 15.3 Å². The van der Waals surface area contributed by atoms with E-state index in [9.17, 15) is 14.0 Å². The second-order valence-electron chi connectivity index (χ2n) is 7.25.